The van der Waals surface area contributed by atoms with Crippen LogP contribution >= 0.6 is 15.6 Å². The average Bonchev–Trinajstić information content (AvgIpc) is 3.25. The predicted molar refractivity (Wildman–Crippen MR) is 152 cm³/mol. The fraction of sp³-hybridized carbons (Fsp3) is 0.565. The molecule has 1 spiro atoms. The van der Waals surface area contributed by atoms with E-state index in [4.69, 9.17) is 29.6 Å². The Morgan fingerprint density at radius 2 is 1.70 bits per heavy atom. The first-order valence-electron chi connectivity index (χ1n) is 14.1. The minimum atomic E-state index is -4.91. The third-order valence-electron chi connectivity index (χ3n) is 9.52. The van der Waals surface area contributed by atoms with Crippen LogP contribution in [0.2, 0.25) is 0 Å². The van der Waals surface area contributed by atoms with Gasteiger partial charge in [0.15, 0.2) is 22.6 Å². The summed E-state index contributed by atoms with van der Waals surface area (Å²) in [6.07, 6.45) is -1.63. The molecule has 11 atom stereocenters. The van der Waals surface area contributed by atoms with Gasteiger partial charge in [0, 0.05) is 11.3 Å². The van der Waals surface area contributed by atoms with E-state index < -0.39 is 88.2 Å². The van der Waals surface area contributed by atoms with Gasteiger partial charge in [-0.3, -0.25) is 27.9 Å². The van der Waals surface area contributed by atoms with E-state index in [2.05, 4.69) is 29.9 Å². The standard InChI is InChI=1S/C23H28N10O11P2/c24-18-11-19(27-5-26-18)32(6-28-11)10-1-8-3-41-45(37,38)44-17-15(35)13(33-7-29-12-20(33)30-22(25)31-21(12)36)9-2-23(9,17)4-42-46(39,40)43-16(8)14(10)34/h5-10,13-17,34-35H,1-4H2,(H,37,38)(H,39,40)(H2,24,26,27)(H3,25,30,31,36)/t8-,9-,10-,13-,14+,15+,16-,17+,23?/m1/s1. The normalized spacial score (nSPS) is 41.0. The van der Waals surface area contributed by atoms with E-state index in [1.165, 1.54) is 28.1 Å². The zero-order valence-corrected chi connectivity index (χ0v) is 25.3. The van der Waals surface area contributed by atoms with Crippen molar-refractivity contribution in [2.24, 2.45) is 17.3 Å². The van der Waals surface area contributed by atoms with Gasteiger partial charge in [-0.05, 0) is 18.8 Å². The number of hydrogen-bond donors (Lipinski definition) is 7. The number of imidazole rings is 2. The van der Waals surface area contributed by atoms with Crippen LogP contribution in [0, 0.1) is 17.3 Å². The van der Waals surface area contributed by atoms with Crippen LogP contribution in [0.25, 0.3) is 22.3 Å². The highest BCUT2D eigenvalue weighted by atomic mass is 31.2. The van der Waals surface area contributed by atoms with Crippen LogP contribution in [-0.2, 0) is 27.2 Å². The van der Waals surface area contributed by atoms with Gasteiger partial charge < -0.3 is 40.6 Å². The fourth-order valence-electron chi connectivity index (χ4n) is 7.36. The van der Waals surface area contributed by atoms with Crippen LogP contribution in [0.15, 0.2) is 23.8 Å². The summed E-state index contributed by atoms with van der Waals surface area (Å²) in [6.45, 7) is -1.08. The van der Waals surface area contributed by atoms with Gasteiger partial charge in [-0.2, -0.15) is 4.98 Å². The number of rotatable bonds is 2. The number of nitrogens with two attached hydrogens (primary N) is 2. The maximum Gasteiger partial charge on any atom is 0.472 e. The van der Waals surface area contributed by atoms with Crippen molar-refractivity contribution in [1.29, 1.82) is 0 Å². The number of nitrogens with zero attached hydrogens (tertiary/aromatic N) is 7. The lowest BCUT2D eigenvalue weighted by Gasteiger charge is -2.32. The van der Waals surface area contributed by atoms with Crippen molar-refractivity contribution in [1.82, 2.24) is 39.0 Å². The molecule has 23 heteroatoms. The van der Waals surface area contributed by atoms with Crippen LogP contribution in [0.3, 0.4) is 0 Å². The lowest BCUT2D eigenvalue weighted by molar-refractivity contribution is -0.0516. The predicted octanol–water partition coefficient (Wildman–Crippen LogP) is -1.01. The number of aliphatic hydroxyl groups is 2. The Morgan fingerprint density at radius 1 is 0.957 bits per heavy atom. The van der Waals surface area contributed by atoms with E-state index in [0.717, 1.165) is 0 Å². The number of anilines is 2. The second-order valence-corrected chi connectivity index (χ2v) is 14.9. The largest absolute Gasteiger partial charge is 0.472 e. The number of aromatic amines is 1. The highest BCUT2D eigenvalue weighted by molar-refractivity contribution is 7.47. The van der Waals surface area contributed by atoms with Crippen molar-refractivity contribution >= 4 is 49.7 Å². The highest BCUT2D eigenvalue weighted by Crippen LogP contribution is 2.72. The van der Waals surface area contributed by atoms with Gasteiger partial charge in [0.2, 0.25) is 5.95 Å². The number of phosphoric acid groups is 2. The Balaban J connectivity index is 1.11. The topological polar surface area (TPSA) is 311 Å². The van der Waals surface area contributed by atoms with E-state index in [0.29, 0.717) is 0 Å². The molecule has 3 unspecified atom stereocenters. The molecule has 3 aliphatic carbocycles. The molecule has 0 bridgehead atoms. The van der Waals surface area contributed by atoms with Gasteiger partial charge in [0.05, 0.1) is 38.0 Å². The fourth-order valence-corrected chi connectivity index (χ4v) is 9.50. The Bertz CT molecular complexity index is 2040. The molecule has 8 rings (SSSR count). The van der Waals surface area contributed by atoms with Crippen molar-refractivity contribution in [2.75, 3.05) is 24.7 Å². The molecule has 4 aromatic heterocycles. The lowest BCUT2D eigenvalue weighted by Crippen LogP contribution is -2.39. The molecule has 0 radical (unpaired) electrons. The van der Waals surface area contributed by atoms with Gasteiger partial charge in [-0.15, -0.1) is 0 Å². The molecule has 0 amide bonds. The summed E-state index contributed by atoms with van der Waals surface area (Å²) in [5, 5.41) is 22.8. The van der Waals surface area contributed by atoms with Crippen LogP contribution in [0.1, 0.15) is 24.9 Å². The van der Waals surface area contributed by atoms with Crippen LogP contribution < -0.4 is 17.0 Å². The first kappa shape index (κ1) is 30.0. The van der Waals surface area contributed by atoms with Crippen molar-refractivity contribution in [3.05, 3.63) is 29.3 Å². The summed E-state index contributed by atoms with van der Waals surface area (Å²) in [7, 11) is -9.81. The van der Waals surface area contributed by atoms with E-state index in [1.807, 2.05) is 0 Å². The number of aromatic nitrogens is 8. The van der Waals surface area contributed by atoms with E-state index in [1.54, 1.807) is 0 Å². The molecule has 4 fully saturated rings. The van der Waals surface area contributed by atoms with Crippen molar-refractivity contribution < 1.29 is 47.2 Å². The monoisotopic (exact) mass is 682 g/mol. The number of nitrogen functional groups attached to an aromatic ring is 2. The molecule has 1 saturated heterocycles. The second-order valence-electron chi connectivity index (χ2n) is 12.0. The molecule has 5 heterocycles. The third kappa shape index (κ3) is 4.54. The van der Waals surface area contributed by atoms with Gasteiger partial charge in [-0.1, -0.05) is 0 Å². The highest BCUT2D eigenvalue weighted by Gasteiger charge is 2.74. The summed E-state index contributed by atoms with van der Waals surface area (Å²) in [5.41, 5.74) is 10.3. The van der Waals surface area contributed by atoms with Crippen LogP contribution in [0.5, 0.6) is 0 Å². The molecule has 3 saturated carbocycles. The van der Waals surface area contributed by atoms with Gasteiger partial charge in [-0.25, -0.2) is 29.1 Å². The zero-order chi connectivity index (χ0) is 32.3. The van der Waals surface area contributed by atoms with Crippen LogP contribution in [-0.4, -0.2) is 96.7 Å². The van der Waals surface area contributed by atoms with Gasteiger partial charge in [0.25, 0.3) is 5.56 Å². The average molecular weight is 682 g/mol. The SMILES string of the molecule is Nc1nc2c(ncn2[C@H]2[C@H](O)[C@@H]3OP(=O)(O)OC[C@H]4C[C@@H](n5cnc6c(N)ncnc65)[C@H](O)[C@@H]4OP(=O)(O)OCC34C[C@H]24)c(=O)[nH]1. The number of fused-ring (bicyclic) bond motifs is 3. The maximum absolute atomic E-state index is 13.3. The van der Waals surface area contributed by atoms with E-state index in [-0.39, 0.29) is 46.9 Å². The Hall–Kier alpha value is -3.36. The van der Waals surface area contributed by atoms with E-state index in [9.17, 15) is 33.9 Å². The van der Waals surface area contributed by atoms with Crippen molar-refractivity contribution in [3.63, 3.8) is 0 Å². The summed E-state index contributed by atoms with van der Waals surface area (Å²) < 4.78 is 51.5. The minimum Gasteiger partial charge on any atom is -0.388 e. The number of H-pyrrole nitrogens is 1. The van der Waals surface area contributed by atoms with Gasteiger partial charge in [0.1, 0.15) is 36.3 Å². The smallest absolute Gasteiger partial charge is 0.388 e. The molecule has 0 aromatic carbocycles. The lowest BCUT2D eigenvalue weighted by atomic mass is 10.0. The Morgan fingerprint density at radius 3 is 2.50 bits per heavy atom. The summed E-state index contributed by atoms with van der Waals surface area (Å²) in [4.78, 5) is 56.9. The first-order chi connectivity index (χ1) is 21.8. The summed E-state index contributed by atoms with van der Waals surface area (Å²) in [5.74, 6) is -1.55. The molecule has 9 N–H and O–H groups in total. The summed E-state index contributed by atoms with van der Waals surface area (Å²) in [6, 6.07) is -1.73. The van der Waals surface area contributed by atoms with Crippen molar-refractivity contribution in [2.45, 2.75) is 49.3 Å². The third-order valence-corrected chi connectivity index (χ3v) is 11.5. The quantitative estimate of drug-likeness (QED) is 0.124. The number of nitrogens with one attached hydrogen (secondary N) is 1. The van der Waals surface area contributed by atoms with Crippen molar-refractivity contribution in [3.8, 4) is 0 Å². The molecule has 246 valence electrons. The second kappa shape index (κ2) is 10.1. The summed E-state index contributed by atoms with van der Waals surface area (Å²) >= 11 is 0. The Kier molecular flexibility index (Phi) is 6.57. The molecule has 46 heavy (non-hydrogen) atoms. The minimum absolute atomic E-state index is 0.0320. The molecular formula is C23H28N10O11P2. The molecule has 4 aliphatic rings. The van der Waals surface area contributed by atoms with Crippen LogP contribution in [0.4, 0.5) is 11.8 Å². The molecule has 21 nitrogen and oxygen atoms in total. The number of hydrogen-bond acceptors (Lipinski definition) is 16. The van der Waals surface area contributed by atoms with Gasteiger partial charge >= 0.3 is 15.6 Å². The van der Waals surface area contributed by atoms with E-state index >= 15 is 0 Å². The first-order valence-corrected chi connectivity index (χ1v) is 17.1. The maximum atomic E-state index is 13.3. The molecular weight excluding hydrogens is 654 g/mol. The number of aliphatic hydroxyl groups excluding tert-OH is 2. The molecule has 1 aliphatic heterocycles. The Labute approximate surface area is 256 Å². The molecule has 4 aromatic rings. The zero-order valence-electron chi connectivity index (χ0n) is 23.5. The number of phosphoric ester groups is 2.